The largest absolute Gasteiger partial charge is 0.299 e. The van der Waals surface area contributed by atoms with Gasteiger partial charge in [0.15, 0.2) is 5.82 Å². The summed E-state index contributed by atoms with van der Waals surface area (Å²) in [5.41, 5.74) is -4.59. The number of nitrogens with zero attached hydrogens (tertiary/aromatic N) is 5. The lowest BCUT2D eigenvalue weighted by Crippen LogP contribution is -2.47. The number of carbonyl (C=O) groups excluding carboxylic acids is 1. The highest BCUT2D eigenvalue weighted by Crippen LogP contribution is 2.64. The van der Waals surface area contributed by atoms with Crippen LogP contribution >= 0.6 is 0 Å². The van der Waals surface area contributed by atoms with Crippen LogP contribution in [0.3, 0.4) is 0 Å². The van der Waals surface area contributed by atoms with Crippen LogP contribution in [-0.2, 0) is 31.2 Å². The van der Waals surface area contributed by atoms with Crippen molar-refractivity contribution in [3.63, 3.8) is 0 Å². The van der Waals surface area contributed by atoms with Gasteiger partial charge in [-0.1, -0.05) is 26.8 Å². The third-order valence-electron chi connectivity index (χ3n) is 8.89. The van der Waals surface area contributed by atoms with E-state index in [1.54, 1.807) is 0 Å². The van der Waals surface area contributed by atoms with Crippen molar-refractivity contribution in [2.75, 3.05) is 5.75 Å². The van der Waals surface area contributed by atoms with E-state index < -0.39 is 62.2 Å². The molecule has 39 heavy (non-hydrogen) atoms. The summed E-state index contributed by atoms with van der Waals surface area (Å²) >= 11 is 0. The summed E-state index contributed by atoms with van der Waals surface area (Å²) in [6.45, 7) is 4.74. The lowest BCUT2D eigenvalue weighted by Gasteiger charge is -2.41. The van der Waals surface area contributed by atoms with Gasteiger partial charge < -0.3 is 0 Å². The second kappa shape index (κ2) is 9.47. The first-order chi connectivity index (χ1) is 18.3. The Hall–Kier alpha value is -3.19. The minimum atomic E-state index is -4.62. The van der Waals surface area contributed by atoms with Crippen molar-refractivity contribution in [2.45, 2.75) is 58.1 Å². The molecule has 1 aromatic carbocycles. The number of Topliss-reactive ketones (excluding diaryl/α,β-unsaturated/α-hetero) is 1. The van der Waals surface area contributed by atoms with Crippen molar-refractivity contribution in [1.29, 1.82) is 0 Å². The fourth-order valence-electron chi connectivity index (χ4n) is 6.51. The van der Waals surface area contributed by atoms with Crippen LogP contribution in [0.1, 0.15) is 57.2 Å². The highest BCUT2D eigenvalue weighted by Gasteiger charge is 2.66. The maximum absolute atomic E-state index is 15.5. The summed E-state index contributed by atoms with van der Waals surface area (Å²) in [6.07, 6.45) is 5.78. The second-order valence-electron chi connectivity index (χ2n) is 11.0. The van der Waals surface area contributed by atoms with Gasteiger partial charge in [0, 0.05) is 24.0 Å². The first-order valence-electron chi connectivity index (χ1n) is 12.5. The SMILES string of the molecule is C[C@@H](c1ncncc1F)[C@@](Cn1cncn1)(OS(=O)(=O)C[C@@]12CCC(CC1=O)C2(C)C)c1ccc(F)cc1F. The highest BCUT2D eigenvalue weighted by atomic mass is 32.2. The van der Waals surface area contributed by atoms with Gasteiger partial charge in [-0.3, -0.25) is 8.98 Å². The van der Waals surface area contributed by atoms with E-state index in [2.05, 4.69) is 20.1 Å². The van der Waals surface area contributed by atoms with Crippen molar-refractivity contribution in [1.82, 2.24) is 24.7 Å². The van der Waals surface area contributed by atoms with E-state index in [9.17, 15) is 17.6 Å². The van der Waals surface area contributed by atoms with Crippen LogP contribution in [0.25, 0.3) is 0 Å². The smallest absolute Gasteiger partial charge is 0.269 e. The summed E-state index contributed by atoms with van der Waals surface area (Å²) in [7, 11) is -4.62. The lowest BCUT2D eigenvalue weighted by atomic mass is 9.70. The molecule has 3 aromatic rings. The molecule has 13 heteroatoms. The molecule has 2 fully saturated rings. The Bertz CT molecular complexity index is 1520. The maximum atomic E-state index is 15.5. The van der Waals surface area contributed by atoms with Gasteiger partial charge in [-0.15, -0.1) is 0 Å². The molecule has 1 unspecified atom stereocenters. The van der Waals surface area contributed by atoms with Crippen LogP contribution in [0.2, 0.25) is 0 Å². The van der Waals surface area contributed by atoms with Crippen molar-refractivity contribution in [2.24, 2.45) is 16.7 Å². The first-order valence-corrected chi connectivity index (χ1v) is 14.1. The van der Waals surface area contributed by atoms with Crippen LogP contribution in [0.15, 0.2) is 43.4 Å². The molecular weight excluding hydrogens is 535 g/mol. The number of ketones is 1. The second-order valence-corrected chi connectivity index (χ2v) is 12.6. The molecule has 0 amide bonds. The molecular formula is C26H28F3N5O4S. The standard InChI is InChI=1S/C26H28F3N5O4S/c1-16(23-21(29)10-30-13-32-23)26(11-34-15-31-14-33-34,19-5-4-18(27)9-20(19)28)38-39(36,37)12-25-7-6-17(8-22(25)35)24(25,2)3/h4-5,9-10,13-17H,6-8,11-12H2,1-3H3/t16-,17?,25-,26+/m0/s1. The summed E-state index contributed by atoms with van der Waals surface area (Å²) in [6, 6.07) is 2.60. The number of fused-ring (bicyclic) bond motifs is 2. The predicted molar refractivity (Wildman–Crippen MR) is 132 cm³/mol. The predicted octanol–water partition coefficient (Wildman–Crippen LogP) is 3.93. The van der Waals surface area contributed by atoms with Crippen molar-refractivity contribution < 1.29 is 30.6 Å². The topological polar surface area (TPSA) is 117 Å². The van der Waals surface area contributed by atoms with Gasteiger partial charge in [-0.25, -0.2) is 32.8 Å². The van der Waals surface area contributed by atoms with Gasteiger partial charge in [0.2, 0.25) is 0 Å². The summed E-state index contributed by atoms with van der Waals surface area (Å²) in [5.74, 6) is -4.89. The molecule has 2 bridgehead atoms. The van der Waals surface area contributed by atoms with Gasteiger partial charge in [-0.2, -0.15) is 13.5 Å². The molecule has 0 radical (unpaired) electrons. The monoisotopic (exact) mass is 563 g/mol. The molecule has 0 aliphatic heterocycles. The van der Waals surface area contributed by atoms with E-state index in [1.165, 1.54) is 24.3 Å². The number of hydrogen-bond acceptors (Lipinski definition) is 8. The Morgan fingerprint density at radius 2 is 1.95 bits per heavy atom. The van der Waals surface area contributed by atoms with Gasteiger partial charge in [-0.05, 0) is 30.2 Å². The number of benzene rings is 1. The molecule has 0 saturated heterocycles. The Labute approximate surface area is 224 Å². The van der Waals surface area contributed by atoms with E-state index in [0.717, 1.165) is 24.7 Å². The third kappa shape index (κ3) is 4.45. The molecule has 208 valence electrons. The Balaban J connectivity index is 1.68. The minimum absolute atomic E-state index is 0.0451. The molecule has 2 aromatic heterocycles. The first kappa shape index (κ1) is 27.4. The molecule has 2 aliphatic rings. The molecule has 2 aliphatic carbocycles. The van der Waals surface area contributed by atoms with Crippen LogP contribution in [0, 0.1) is 34.2 Å². The normalized spacial score (nSPS) is 24.6. The summed E-state index contributed by atoms with van der Waals surface area (Å²) in [5, 5.41) is 4.03. The van der Waals surface area contributed by atoms with E-state index in [0.29, 0.717) is 18.9 Å². The van der Waals surface area contributed by atoms with Crippen molar-refractivity contribution in [3.05, 3.63) is 72.1 Å². The number of rotatable bonds is 9. The van der Waals surface area contributed by atoms with Crippen LogP contribution in [0.5, 0.6) is 0 Å². The molecule has 2 heterocycles. The van der Waals surface area contributed by atoms with E-state index in [-0.39, 0.29) is 29.4 Å². The number of hydrogen-bond donors (Lipinski definition) is 0. The third-order valence-corrected chi connectivity index (χ3v) is 10.3. The Morgan fingerprint density at radius 3 is 2.54 bits per heavy atom. The Kier molecular flexibility index (Phi) is 6.65. The van der Waals surface area contributed by atoms with E-state index >= 15 is 8.78 Å². The minimum Gasteiger partial charge on any atom is -0.299 e. The van der Waals surface area contributed by atoms with Crippen molar-refractivity contribution in [3.8, 4) is 0 Å². The van der Waals surface area contributed by atoms with Crippen LogP contribution in [0.4, 0.5) is 13.2 Å². The van der Waals surface area contributed by atoms with Gasteiger partial charge in [0.1, 0.15) is 42.0 Å². The number of aromatic nitrogens is 5. The van der Waals surface area contributed by atoms with Gasteiger partial charge >= 0.3 is 0 Å². The zero-order valence-electron chi connectivity index (χ0n) is 21.6. The summed E-state index contributed by atoms with van der Waals surface area (Å²) in [4.78, 5) is 24.6. The fraction of sp³-hybridized carbons (Fsp3) is 0.500. The molecule has 2 saturated carbocycles. The van der Waals surface area contributed by atoms with Gasteiger partial charge in [0.05, 0.1) is 29.6 Å². The fourth-order valence-corrected chi connectivity index (χ4v) is 8.59. The molecule has 0 spiro atoms. The average molecular weight is 564 g/mol. The number of halogens is 3. The van der Waals surface area contributed by atoms with Crippen LogP contribution in [-0.4, -0.2) is 44.7 Å². The van der Waals surface area contributed by atoms with Crippen molar-refractivity contribution >= 4 is 15.9 Å². The number of carbonyl (C=O) groups is 1. The molecule has 5 rings (SSSR count). The highest BCUT2D eigenvalue weighted by molar-refractivity contribution is 7.86. The zero-order chi connectivity index (χ0) is 28.2. The lowest BCUT2D eigenvalue weighted by molar-refractivity contribution is -0.128. The van der Waals surface area contributed by atoms with E-state index in [4.69, 9.17) is 4.18 Å². The van der Waals surface area contributed by atoms with Crippen LogP contribution < -0.4 is 0 Å². The zero-order valence-corrected chi connectivity index (χ0v) is 22.5. The maximum Gasteiger partial charge on any atom is 0.269 e. The molecule has 0 N–H and O–H groups in total. The summed E-state index contributed by atoms with van der Waals surface area (Å²) < 4.78 is 79.6. The quantitative estimate of drug-likeness (QED) is 0.360. The Morgan fingerprint density at radius 1 is 1.18 bits per heavy atom. The average Bonchev–Trinajstić information content (AvgIpc) is 3.49. The van der Waals surface area contributed by atoms with Gasteiger partial charge in [0.25, 0.3) is 10.1 Å². The molecule has 4 atom stereocenters. The molecule has 9 nitrogen and oxygen atoms in total. The van der Waals surface area contributed by atoms with E-state index in [1.807, 2.05) is 13.8 Å².